The van der Waals surface area contributed by atoms with Gasteiger partial charge in [-0.05, 0) is 24.5 Å². The average Bonchev–Trinajstić information content (AvgIpc) is 3.03. The van der Waals surface area contributed by atoms with Crippen molar-refractivity contribution in [1.29, 1.82) is 0 Å². The van der Waals surface area contributed by atoms with Gasteiger partial charge in [-0.3, -0.25) is 0 Å². The van der Waals surface area contributed by atoms with E-state index in [1.165, 1.54) is 34.2 Å². The van der Waals surface area contributed by atoms with Gasteiger partial charge in [0.05, 0.1) is 5.69 Å². The molecule has 1 heterocycles. The highest BCUT2D eigenvalue weighted by atomic mass is 32.2. The minimum absolute atomic E-state index is 0.544. The number of thiazole rings is 1. The highest BCUT2D eigenvalue weighted by molar-refractivity contribution is 7.98. The molecular formula is C13H22N2S2. The molecule has 96 valence electrons. The van der Waals surface area contributed by atoms with Crippen LogP contribution in [0, 0.1) is 0 Å². The molecule has 1 aliphatic carbocycles. The molecule has 1 aromatic heterocycles. The third-order valence-corrected chi connectivity index (χ3v) is 5.02. The van der Waals surface area contributed by atoms with Gasteiger partial charge in [-0.2, -0.15) is 11.8 Å². The molecule has 1 fully saturated rings. The van der Waals surface area contributed by atoms with Crippen LogP contribution in [-0.2, 0) is 12.3 Å². The Morgan fingerprint density at radius 3 is 2.82 bits per heavy atom. The van der Waals surface area contributed by atoms with Crippen molar-refractivity contribution in [3.05, 3.63) is 15.6 Å². The molecular weight excluding hydrogens is 248 g/mol. The lowest BCUT2D eigenvalue weighted by molar-refractivity contribution is 0.680. The normalized spacial score (nSPS) is 15.8. The lowest BCUT2D eigenvalue weighted by atomic mass is 10.1. The predicted octanol–water partition coefficient (Wildman–Crippen LogP) is 3.77. The van der Waals surface area contributed by atoms with Crippen molar-refractivity contribution in [2.45, 2.75) is 57.9 Å². The highest BCUT2D eigenvalue weighted by Crippen LogP contribution is 2.28. The summed E-state index contributed by atoms with van der Waals surface area (Å²) in [5, 5.41) is 4.90. The molecule has 0 bridgehead atoms. The first-order valence-electron chi connectivity index (χ1n) is 6.50. The molecule has 0 atom stereocenters. The van der Waals surface area contributed by atoms with Crippen molar-refractivity contribution in [2.75, 3.05) is 5.75 Å². The topological polar surface area (TPSA) is 24.9 Å². The molecule has 0 spiro atoms. The van der Waals surface area contributed by atoms with Gasteiger partial charge in [-0.25, -0.2) is 4.98 Å². The van der Waals surface area contributed by atoms with Crippen LogP contribution in [0.3, 0.4) is 0 Å². The van der Waals surface area contributed by atoms with E-state index in [1.54, 1.807) is 0 Å². The number of hydrogen-bond acceptors (Lipinski definition) is 4. The second kappa shape index (κ2) is 6.21. The van der Waals surface area contributed by atoms with Gasteiger partial charge in [0.2, 0.25) is 0 Å². The molecule has 0 radical (unpaired) electrons. The molecule has 17 heavy (non-hydrogen) atoms. The van der Waals surface area contributed by atoms with E-state index in [4.69, 9.17) is 4.98 Å². The third-order valence-electron chi connectivity index (χ3n) is 2.88. The smallest absolute Gasteiger partial charge is 0.103 e. The number of aromatic nitrogens is 1. The summed E-state index contributed by atoms with van der Waals surface area (Å²) in [7, 11) is 0. The maximum Gasteiger partial charge on any atom is 0.103 e. The van der Waals surface area contributed by atoms with Crippen LogP contribution in [0.2, 0.25) is 0 Å². The summed E-state index contributed by atoms with van der Waals surface area (Å²) in [6.45, 7) is 7.71. The Bertz CT molecular complexity index is 356. The Morgan fingerprint density at radius 2 is 2.24 bits per heavy atom. The van der Waals surface area contributed by atoms with E-state index in [-0.39, 0.29) is 0 Å². The molecule has 0 aromatic carbocycles. The van der Waals surface area contributed by atoms with E-state index in [9.17, 15) is 0 Å². The van der Waals surface area contributed by atoms with E-state index < -0.39 is 0 Å². The predicted molar refractivity (Wildman–Crippen MR) is 77.9 cm³/mol. The molecule has 0 amide bonds. The first-order valence-corrected chi connectivity index (χ1v) is 8.47. The van der Waals surface area contributed by atoms with E-state index in [2.05, 4.69) is 26.1 Å². The van der Waals surface area contributed by atoms with Crippen LogP contribution in [0.5, 0.6) is 0 Å². The maximum absolute atomic E-state index is 4.80. The Morgan fingerprint density at radius 1 is 1.47 bits per heavy atom. The summed E-state index contributed by atoms with van der Waals surface area (Å²) in [5.74, 6) is 2.79. The fourth-order valence-corrected chi connectivity index (χ4v) is 3.67. The zero-order valence-electron chi connectivity index (χ0n) is 11.0. The molecule has 1 saturated carbocycles. The van der Waals surface area contributed by atoms with E-state index in [0.29, 0.717) is 5.92 Å². The van der Waals surface area contributed by atoms with Crippen LogP contribution in [0.15, 0.2) is 0 Å². The van der Waals surface area contributed by atoms with Crippen LogP contribution in [0.25, 0.3) is 0 Å². The monoisotopic (exact) mass is 270 g/mol. The minimum atomic E-state index is 0.544. The van der Waals surface area contributed by atoms with Gasteiger partial charge >= 0.3 is 0 Å². The van der Waals surface area contributed by atoms with Crippen LogP contribution in [0.1, 0.15) is 55.1 Å². The third kappa shape index (κ3) is 3.97. The molecule has 2 rings (SSSR count). The standard InChI is InChI=1S/C13H22N2S2/c1-4-16-8-12-15-13(9(2)3)11(17-12)7-14-10-5-6-10/h9-10,14H,4-8H2,1-3H3. The van der Waals surface area contributed by atoms with Crippen molar-refractivity contribution in [1.82, 2.24) is 10.3 Å². The van der Waals surface area contributed by atoms with E-state index in [0.717, 1.165) is 18.3 Å². The number of thioether (sulfide) groups is 1. The van der Waals surface area contributed by atoms with Gasteiger partial charge in [-0.1, -0.05) is 20.8 Å². The Labute approximate surface area is 113 Å². The molecule has 2 nitrogen and oxygen atoms in total. The first kappa shape index (κ1) is 13.4. The number of hydrogen-bond donors (Lipinski definition) is 1. The zero-order chi connectivity index (χ0) is 12.3. The van der Waals surface area contributed by atoms with Gasteiger partial charge in [0.1, 0.15) is 5.01 Å². The van der Waals surface area contributed by atoms with Gasteiger partial charge < -0.3 is 5.32 Å². The summed E-state index contributed by atoms with van der Waals surface area (Å²) >= 11 is 3.86. The van der Waals surface area contributed by atoms with Gasteiger partial charge in [0, 0.05) is 23.2 Å². The van der Waals surface area contributed by atoms with Crippen LogP contribution in [-0.4, -0.2) is 16.8 Å². The van der Waals surface area contributed by atoms with Crippen molar-refractivity contribution < 1.29 is 0 Å². The summed E-state index contributed by atoms with van der Waals surface area (Å²) < 4.78 is 0. The summed E-state index contributed by atoms with van der Waals surface area (Å²) in [6, 6.07) is 0.783. The summed E-state index contributed by atoms with van der Waals surface area (Å²) in [6.07, 6.45) is 2.71. The quantitative estimate of drug-likeness (QED) is 0.816. The van der Waals surface area contributed by atoms with E-state index >= 15 is 0 Å². The summed E-state index contributed by atoms with van der Waals surface area (Å²) in [5.41, 5.74) is 1.31. The Balaban J connectivity index is 2.01. The molecule has 4 heteroatoms. The van der Waals surface area contributed by atoms with Crippen LogP contribution < -0.4 is 5.32 Å². The fourth-order valence-electron chi connectivity index (χ4n) is 1.77. The SMILES string of the molecule is CCSCc1nc(C(C)C)c(CNC2CC2)s1. The summed E-state index contributed by atoms with van der Waals surface area (Å²) in [4.78, 5) is 6.26. The van der Waals surface area contributed by atoms with Gasteiger partial charge in [0.15, 0.2) is 0 Å². The molecule has 1 aliphatic rings. The molecule has 0 saturated heterocycles. The number of rotatable bonds is 7. The molecule has 1 aromatic rings. The number of nitrogens with zero attached hydrogens (tertiary/aromatic N) is 1. The molecule has 0 unspecified atom stereocenters. The largest absolute Gasteiger partial charge is 0.309 e. The van der Waals surface area contributed by atoms with Crippen molar-refractivity contribution in [3.8, 4) is 0 Å². The molecule has 1 N–H and O–H groups in total. The van der Waals surface area contributed by atoms with E-state index in [1.807, 2.05) is 23.1 Å². The number of nitrogens with one attached hydrogen (secondary N) is 1. The second-order valence-electron chi connectivity index (χ2n) is 4.86. The molecule has 0 aliphatic heterocycles. The van der Waals surface area contributed by atoms with Crippen molar-refractivity contribution in [2.24, 2.45) is 0 Å². The zero-order valence-corrected chi connectivity index (χ0v) is 12.6. The fraction of sp³-hybridized carbons (Fsp3) is 0.769. The van der Waals surface area contributed by atoms with Crippen LogP contribution in [0.4, 0.5) is 0 Å². The first-order chi connectivity index (χ1) is 8.20. The highest BCUT2D eigenvalue weighted by Gasteiger charge is 2.22. The van der Waals surface area contributed by atoms with Crippen LogP contribution >= 0.6 is 23.1 Å². The Kier molecular flexibility index (Phi) is 4.88. The lowest BCUT2D eigenvalue weighted by Crippen LogP contribution is -2.15. The average molecular weight is 270 g/mol. The van der Waals surface area contributed by atoms with Gasteiger partial charge in [-0.15, -0.1) is 11.3 Å². The maximum atomic E-state index is 4.80. The van der Waals surface area contributed by atoms with Crippen molar-refractivity contribution >= 4 is 23.1 Å². The second-order valence-corrected chi connectivity index (χ2v) is 7.31. The van der Waals surface area contributed by atoms with Gasteiger partial charge in [0.25, 0.3) is 0 Å². The Hall–Kier alpha value is -0.0600. The lowest BCUT2D eigenvalue weighted by Gasteiger charge is -2.05. The van der Waals surface area contributed by atoms with Crippen molar-refractivity contribution in [3.63, 3.8) is 0 Å². The minimum Gasteiger partial charge on any atom is -0.309 e.